The van der Waals surface area contributed by atoms with E-state index in [2.05, 4.69) is 47.0 Å². The summed E-state index contributed by atoms with van der Waals surface area (Å²) in [7, 11) is 1.35. The van der Waals surface area contributed by atoms with Gasteiger partial charge in [0.25, 0.3) is 0 Å². The highest BCUT2D eigenvalue weighted by atomic mass is 19.1. The Kier molecular flexibility index (Phi) is 17.1. The highest BCUT2D eigenvalue weighted by Gasteiger charge is 2.43. The molecule has 1 N–H and O–H groups in total. The molecule has 0 bridgehead atoms. The van der Waals surface area contributed by atoms with Crippen LogP contribution in [0.25, 0.3) is 11.2 Å². The molecular weight excluding hydrogens is 581 g/mol. The van der Waals surface area contributed by atoms with Gasteiger partial charge in [-0.25, -0.2) is 4.98 Å². The number of fused-ring (bicyclic) bond motifs is 1. The zero-order valence-corrected chi connectivity index (χ0v) is 27.4. The monoisotopic (exact) mass is 631 g/mol. The van der Waals surface area contributed by atoms with Crippen molar-refractivity contribution in [2.24, 2.45) is 0 Å². The molecule has 2 rings (SSSR count). The molecular formula is C33H50FN5O6. The SMILES string of the molecule is C#C[C@](COC(=O)CCCCCC)(OC)[C@H](Cn1cnc2c(NC(=O)CCCCCC)nc(F)nc21)OC(=O)CCCCCC. The number of carbonyl (C=O) groups excluding carboxylic acids is 3. The normalized spacial score (nSPS) is 13.2. The van der Waals surface area contributed by atoms with Crippen LogP contribution in [-0.4, -0.2) is 62.8 Å². The van der Waals surface area contributed by atoms with Crippen molar-refractivity contribution in [2.45, 2.75) is 135 Å². The molecule has 0 radical (unpaired) electrons. The van der Waals surface area contributed by atoms with Crippen molar-refractivity contribution in [1.29, 1.82) is 0 Å². The maximum Gasteiger partial charge on any atom is 0.312 e. The van der Waals surface area contributed by atoms with Gasteiger partial charge < -0.3 is 24.1 Å². The maximum atomic E-state index is 14.6. The first-order valence-corrected chi connectivity index (χ1v) is 16.3. The molecule has 1 amide bonds. The molecule has 0 unspecified atom stereocenters. The van der Waals surface area contributed by atoms with Gasteiger partial charge in [0.15, 0.2) is 23.1 Å². The molecule has 0 aromatic carbocycles. The third kappa shape index (κ3) is 12.4. The molecule has 12 heteroatoms. The fourth-order valence-electron chi connectivity index (χ4n) is 4.85. The minimum absolute atomic E-state index is 0.0581. The number of carbonyl (C=O) groups is 3. The first kappa shape index (κ1) is 37.6. The average molecular weight is 632 g/mol. The van der Waals surface area contributed by atoms with Crippen molar-refractivity contribution < 1.29 is 33.0 Å². The fraction of sp³-hybridized carbons (Fsp3) is 0.697. The second-order valence-electron chi connectivity index (χ2n) is 11.3. The molecule has 11 nitrogen and oxygen atoms in total. The lowest BCUT2D eigenvalue weighted by Gasteiger charge is -2.34. The first-order valence-electron chi connectivity index (χ1n) is 16.3. The predicted octanol–water partition coefficient (Wildman–Crippen LogP) is 6.29. The number of amides is 1. The van der Waals surface area contributed by atoms with Crippen LogP contribution in [-0.2, 0) is 35.1 Å². The molecule has 0 saturated heterocycles. The van der Waals surface area contributed by atoms with E-state index in [0.717, 1.165) is 57.8 Å². The number of unbranched alkanes of at least 4 members (excludes halogenated alkanes) is 9. The van der Waals surface area contributed by atoms with Crippen molar-refractivity contribution in [3.05, 3.63) is 12.4 Å². The van der Waals surface area contributed by atoms with E-state index >= 15 is 0 Å². The van der Waals surface area contributed by atoms with E-state index in [4.69, 9.17) is 20.6 Å². The quantitative estimate of drug-likeness (QED) is 0.0650. The Morgan fingerprint density at radius 2 is 1.53 bits per heavy atom. The summed E-state index contributed by atoms with van der Waals surface area (Å²) in [5.41, 5.74) is -1.44. The van der Waals surface area contributed by atoms with E-state index in [1.54, 1.807) is 0 Å². The highest BCUT2D eigenvalue weighted by molar-refractivity contribution is 5.96. The lowest BCUT2D eigenvalue weighted by atomic mass is 9.97. The molecule has 0 fully saturated rings. The van der Waals surface area contributed by atoms with E-state index in [9.17, 15) is 18.8 Å². The summed E-state index contributed by atoms with van der Waals surface area (Å²) in [5.74, 6) is 1.23. The average Bonchev–Trinajstić information content (AvgIpc) is 3.42. The second kappa shape index (κ2) is 20.4. The molecule has 2 heterocycles. The van der Waals surface area contributed by atoms with E-state index in [-0.39, 0.29) is 55.3 Å². The van der Waals surface area contributed by atoms with Crippen LogP contribution < -0.4 is 5.32 Å². The lowest BCUT2D eigenvalue weighted by Crippen LogP contribution is -2.51. The van der Waals surface area contributed by atoms with E-state index in [1.165, 1.54) is 18.0 Å². The molecule has 2 atom stereocenters. The zero-order valence-electron chi connectivity index (χ0n) is 27.4. The van der Waals surface area contributed by atoms with Crippen LogP contribution >= 0.6 is 0 Å². The number of terminal acetylenes is 1. The van der Waals surface area contributed by atoms with Crippen LogP contribution in [0.3, 0.4) is 0 Å². The van der Waals surface area contributed by atoms with Crippen molar-refractivity contribution in [2.75, 3.05) is 19.0 Å². The Morgan fingerprint density at radius 3 is 2.11 bits per heavy atom. The van der Waals surface area contributed by atoms with Gasteiger partial charge in [-0.15, -0.1) is 6.42 Å². The van der Waals surface area contributed by atoms with Gasteiger partial charge in [-0.1, -0.05) is 84.5 Å². The summed E-state index contributed by atoms with van der Waals surface area (Å²) in [6.45, 7) is 5.73. The van der Waals surface area contributed by atoms with Gasteiger partial charge in [0, 0.05) is 26.4 Å². The molecule has 0 aliphatic carbocycles. The molecule has 2 aromatic rings. The van der Waals surface area contributed by atoms with E-state index in [0.29, 0.717) is 19.3 Å². The van der Waals surface area contributed by atoms with Gasteiger partial charge in [-0.2, -0.15) is 14.4 Å². The van der Waals surface area contributed by atoms with Crippen LogP contribution in [0.4, 0.5) is 10.2 Å². The smallest absolute Gasteiger partial charge is 0.312 e. The zero-order chi connectivity index (χ0) is 33.1. The number of esters is 2. The van der Waals surface area contributed by atoms with Gasteiger partial charge >= 0.3 is 18.0 Å². The third-order valence-corrected chi connectivity index (χ3v) is 7.63. The molecule has 0 spiro atoms. The van der Waals surface area contributed by atoms with E-state index in [1.807, 2.05) is 0 Å². The summed E-state index contributed by atoms with van der Waals surface area (Å²) in [6.07, 6.45) is 16.6. The summed E-state index contributed by atoms with van der Waals surface area (Å²) in [6, 6.07) is 0. The highest BCUT2D eigenvalue weighted by Crippen LogP contribution is 2.26. The Balaban J connectivity index is 2.33. The number of ether oxygens (including phenoxy) is 3. The predicted molar refractivity (Wildman–Crippen MR) is 170 cm³/mol. The largest absolute Gasteiger partial charge is 0.461 e. The molecule has 2 aromatic heterocycles. The Morgan fingerprint density at radius 1 is 0.933 bits per heavy atom. The number of hydrogen-bond acceptors (Lipinski definition) is 9. The lowest BCUT2D eigenvalue weighted by molar-refractivity contribution is -0.174. The molecule has 45 heavy (non-hydrogen) atoms. The summed E-state index contributed by atoms with van der Waals surface area (Å²) in [4.78, 5) is 50.0. The van der Waals surface area contributed by atoms with E-state index < -0.39 is 29.7 Å². The number of aromatic nitrogens is 4. The Bertz CT molecular complexity index is 1260. The summed E-state index contributed by atoms with van der Waals surface area (Å²) in [5, 5.41) is 2.64. The summed E-state index contributed by atoms with van der Waals surface area (Å²) >= 11 is 0. The number of halogens is 1. The van der Waals surface area contributed by atoms with Crippen LogP contribution in [0.1, 0.15) is 117 Å². The number of methoxy groups -OCH3 is 1. The van der Waals surface area contributed by atoms with Gasteiger partial charge in [-0.3, -0.25) is 14.4 Å². The van der Waals surface area contributed by atoms with Crippen LogP contribution in [0.15, 0.2) is 6.33 Å². The maximum absolute atomic E-state index is 14.6. The number of rotatable bonds is 23. The summed E-state index contributed by atoms with van der Waals surface area (Å²) < 4.78 is 33.2. The molecule has 0 saturated carbocycles. The van der Waals surface area contributed by atoms with Crippen LogP contribution in [0.2, 0.25) is 0 Å². The van der Waals surface area contributed by atoms with Gasteiger partial charge in [0.2, 0.25) is 11.5 Å². The number of anilines is 1. The van der Waals surface area contributed by atoms with Crippen LogP contribution in [0, 0.1) is 18.4 Å². The number of nitrogens with one attached hydrogen (secondary N) is 1. The van der Waals surface area contributed by atoms with Crippen LogP contribution in [0.5, 0.6) is 0 Å². The molecule has 0 aliphatic heterocycles. The van der Waals surface area contributed by atoms with Gasteiger partial charge in [0.1, 0.15) is 6.61 Å². The van der Waals surface area contributed by atoms with Gasteiger partial charge in [-0.05, 0) is 19.3 Å². The second-order valence-corrected chi connectivity index (χ2v) is 11.3. The fourth-order valence-corrected chi connectivity index (χ4v) is 4.85. The molecule has 250 valence electrons. The Labute approximate surface area is 266 Å². The Hall–Kier alpha value is -3.59. The minimum atomic E-state index is -1.66. The minimum Gasteiger partial charge on any atom is -0.461 e. The first-order chi connectivity index (χ1) is 21.7. The van der Waals surface area contributed by atoms with Crippen molar-refractivity contribution in [1.82, 2.24) is 19.5 Å². The topological polar surface area (TPSA) is 135 Å². The van der Waals surface area contributed by atoms with Crippen molar-refractivity contribution >= 4 is 34.8 Å². The molecule has 0 aliphatic rings. The van der Waals surface area contributed by atoms with Crippen molar-refractivity contribution in [3.63, 3.8) is 0 Å². The van der Waals surface area contributed by atoms with Gasteiger partial charge in [0.05, 0.1) is 12.9 Å². The number of imidazole rings is 1. The third-order valence-electron chi connectivity index (χ3n) is 7.63. The van der Waals surface area contributed by atoms with Crippen molar-refractivity contribution in [3.8, 4) is 12.3 Å². The number of hydrogen-bond donors (Lipinski definition) is 1. The standard InChI is InChI=1S/C33H50FN5O6/c1-6-10-13-16-19-26(40)36-30-29-31(38-32(34)37-30)39(24-35-29)22-25(45-28(42)21-18-15-12-8-3)33(9-4,43-5)23-44-27(41)20-17-14-11-7-2/h4,24-25H,6-8,10-23H2,1-3,5H3,(H,36,37,38,40)/t25-,33+/m0/s1. The number of nitrogens with zero attached hydrogens (tertiary/aromatic N) is 4.